The van der Waals surface area contributed by atoms with Crippen LogP contribution in [0, 0.1) is 13.8 Å². The summed E-state index contributed by atoms with van der Waals surface area (Å²) in [6.07, 6.45) is 0.921. The molecule has 0 amide bonds. The molecule has 0 fully saturated rings. The molecule has 0 aliphatic carbocycles. The number of hydrogen-bond donors (Lipinski definition) is 2. The van der Waals surface area contributed by atoms with Crippen LogP contribution >= 0.6 is 11.3 Å². The SMILES string of the molecule is CN=C(NCCc1nc(C)c(C)s1)NCCN(C)c1ccccc1. The van der Waals surface area contributed by atoms with Gasteiger partial charge in [-0.3, -0.25) is 4.99 Å². The molecule has 2 rings (SSSR count). The highest BCUT2D eigenvalue weighted by molar-refractivity contribution is 7.11. The van der Waals surface area contributed by atoms with E-state index < -0.39 is 0 Å². The Morgan fingerprint density at radius 2 is 1.88 bits per heavy atom. The van der Waals surface area contributed by atoms with Crippen molar-refractivity contribution >= 4 is 23.0 Å². The number of thiazole rings is 1. The Bertz CT molecular complexity index is 631. The fourth-order valence-corrected chi connectivity index (χ4v) is 3.24. The van der Waals surface area contributed by atoms with Crippen molar-refractivity contribution in [3.63, 3.8) is 0 Å². The monoisotopic (exact) mass is 345 g/mol. The number of guanidine groups is 1. The van der Waals surface area contributed by atoms with Crippen LogP contribution < -0.4 is 15.5 Å². The summed E-state index contributed by atoms with van der Waals surface area (Å²) in [6.45, 7) is 6.76. The molecule has 2 N–H and O–H groups in total. The average molecular weight is 346 g/mol. The van der Waals surface area contributed by atoms with Crippen molar-refractivity contribution < 1.29 is 0 Å². The van der Waals surface area contributed by atoms with E-state index in [1.54, 1.807) is 18.4 Å². The van der Waals surface area contributed by atoms with Crippen LogP contribution in [0.25, 0.3) is 0 Å². The maximum Gasteiger partial charge on any atom is 0.191 e. The first kappa shape index (κ1) is 18.3. The second-order valence-electron chi connectivity index (χ2n) is 5.68. The van der Waals surface area contributed by atoms with Crippen molar-refractivity contribution in [2.45, 2.75) is 20.3 Å². The van der Waals surface area contributed by atoms with Gasteiger partial charge in [0.25, 0.3) is 0 Å². The molecule has 1 heterocycles. The van der Waals surface area contributed by atoms with Gasteiger partial charge in [-0.15, -0.1) is 11.3 Å². The molecule has 0 atom stereocenters. The lowest BCUT2D eigenvalue weighted by Crippen LogP contribution is -2.41. The third-order valence-electron chi connectivity index (χ3n) is 3.86. The summed E-state index contributed by atoms with van der Waals surface area (Å²) in [5, 5.41) is 7.88. The van der Waals surface area contributed by atoms with E-state index in [4.69, 9.17) is 0 Å². The molecule has 5 nitrogen and oxygen atoms in total. The van der Waals surface area contributed by atoms with Crippen LogP contribution in [0.2, 0.25) is 0 Å². The molecule has 24 heavy (non-hydrogen) atoms. The van der Waals surface area contributed by atoms with E-state index in [-0.39, 0.29) is 0 Å². The highest BCUT2D eigenvalue weighted by atomic mass is 32.1. The second kappa shape index (κ2) is 9.27. The number of nitrogens with one attached hydrogen (secondary N) is 2. The molecule has 0 saturated carbocycles. The van der Waals surface area contributed by atoms with Gasteiger partial charge >= 0.3 is 0 Å². The third kappa shape index (κ3) is 5.53. The Morgan fingerprint density at radius 1 is 1.17 bits per heavy atom. The predicted octanol–water partition coefficient (Wildman–Crippen LogP) is 2.60. The highest BCUT2D eigenvalue weighted by Gasteiger charge is 2.04. The van der Waals surface area contributed by atoms with E-state index >= 15 is 0 Å². The number of benzene rings is 1. The van der Waals surface area contributed by atoms with Crippen molar-refractivity contribution in [3.05, 3.63) is 45.9 Å². The number of aliphatic imine (C=N–C) groups is 1. The van der Waals surface area contributed by atoms with Crippen molar-refractivity contribution in [3.8, 4) is 0 Å². The molecule has 0 saturated heterocycles. The van der Waals surface area contributed by atoms with Gasteiger partial charge in [0.1, 0.15) is 0 Å². The van der Waals surface area contributed by atoms with Crippen molar-refractivity contribution in [2.75, 3.05) is 38.6 Å². The molecule has 6 heteroatoms. The molecule has 0 spiro atoms. The van der Waals surface area contributed by atoms with Crippen molar-refractivity contribution in [1.29, 1.82) is 0 Å². The summed E-state index contributed by atoms with van der Waals surface area (Å²) in [5.74, 6) is 0.835. The molecular weight excluding hydrogens is 318 g/mol. The van der Waals surface area contributed by atoms with E-state index in [1.165, 1.54) is 15.6 Å². The number of likely N-dealkylation sites (N-methyl/N-ethyl adjacent to an activating group) is 1. The summed E-state index contributed by atoms with van der Waals surface area (Å²) in [5.41, 5.74) is 2.36. The zero-order chi connectivity index (χ0) is 17.4. The van der Waals surface area contributed by atoms with Crippen molar-refractivity contribution in [2.24, 2.45) is 4.99 Å². The molecular formula is C18H27N5S. The first-order valence-electron chi connectivity index (χ1n) is 8.23. The van der Waals surface area contributed by atoms with Gasteiger partial charge in [0, 0.05) is 50.7 Å². The van der Waals surface area contributed by atoms with Gasteiger partial charge in [0.2, 0.25) is 0 Å². The summed E-state index contributed by atoms with van der Waals surface area (Å²) in [4.78, 5) is 12.4. The fraction of sp³-hybridized carbons (Fsp3) is 0.444. The lowest BCUT2D eigenvalue weighted by molar-refractivity contribution is 0.769. The minimum absolute atomic E-state index is 0.834. The lowest BCUT2D eigenvalue weighted by atomic mass is 10.3. The number of anilines is 1. The standard InChI is InChI=1S/C18H27N5S/c1-14-15(2)24-17(22-14)10-11-20-18(19-3)21-12-13-23(4)16-8-6-5-7-9-16/h5-9H,10-13H2,1-4H3,(H2,19,20,21). The van der Waals surface area contributed by atoms with Crippen LogP contribution in [-0.4, -0.2) is 44.7 Å². The Labute approximate surface area is 148 Å². The molecule has 0 aliphatic rings. The number of rotatable bonds is 7. The molecule has 0 unspecified atom stereocenters. The Morgan fingerprint density at radius 3 is 2.50 bits per heavy atom. The largest absolute Gasteiger partial charge is 0.373 e. The third-order valence-corrected chi connectivity index (χ3v) is 5.00. The molecule has 1 aromatic carbocycles. The fourth-order valence-electron chi connectivity index (χ4n) is 2.31. The summed E-state index contributed by atoms with van der Waals surface area (Å²) in [7, 11) is 3.90. The molecule has 0 bridgehead atoms. The van der Waals surface area contributed by atoms with Gasteiger partial charge in [0.15, 0.2) is 5.96 Å². The van der Waals surface area contributed by atoms with Crippen LogP contribution in [0.1, 0.15) is 15.6 Å². The Hall–Kier alpha value is -2.08. The Balaban J connectivity index is 1.69. The van der Waals surface area contributed by atoms with Gasteiger partial charge in [0.05, 0.1) is 10.7 Å². The van der Waals surface area contributed by atoms with Crippen LogP contribution in [-0.2, 0) is 6.42 Å². The van der Waals surface area contributed by atoms with Gasteiger partial charge in [-0.2, -0.15) is 0 Å². The summed E-state index contributed by atoms with van der Waals surface area (Å²) in [6, 6.07) is 10.4. The normalized spacial score (nSPS) is 11.4. The van der Waals surface area contributed by atoms with Gasteiger partial charge in [-0.05, 0) is 26.0 Å². The second-order valence-corrected chi connectivity index (χ2v) is 6.97. The van der Waals surface area contributed by atoms with Gasteiger partial charge < -0.3 is 15.5 Å². The van der Waals surface area contributed by atoms with E-state index in [0.29, 0.717) is 0 Å². The first-order chi connectivity index (χ1) is 11.6. The number of nitrogens with zero attached hydrogens (tertiary/aromatic N) is 3. The molecule has 1 aromatic heterocycles. The average Bonchev–Trinajstić information content (AvgIpc) is 2.92. The number of para-hydroxylation sites is 1. The zero-order valence-electron chi connectivity index (χ0n) is 15.0. The van der Waals surface area contributed by atoms with Crippen molar-refractivity contribution in [1.82, 2.24) is 15.6 Å². The lowest BCUT2D eigenvalue weighted by Gasteiger charge is -2.20. The van der Waals surface area contributed by atoms with Crippen LogP contribution in [0.5, 0.6) is 0 Å². The van der Waals surface area contributed by atoms with Crippen LogP contribution in [0.15, 0.2) is 35.3 Å². The zero-order valence-corrected chi connectivity index (χ0v) is 15.8. The topological polar surface area (TPSA) is 52.6 Å². The summed E-state index contributed by atoms with van der Waals surface area (Å²) >= 11 is 1.77. The summed E-state index contributed by atoms with van der Waals surface area (Å²) < 4.78 is 0. The highest BCUT2D eigenvalue weighted by Crippen LogP contribution is 2.16. The minimum Gasteiger partial charge on any atom is -0.373 e. The maximum atomic E-state index is 4.56. The number of hydrogen-bond acceptors (Lipinski definition) is 4. The van der Waals surface area contributed by atoms with E-state index in [9.17, 15) is 0 Å². The smallest absolute Gasteiger partial charge is 0.191 e. The predicted molar refractivity (Wildman–Crippen MR) is 104 cm³/mol. The molecule has 130 valence electrons. The quantitative estimate of drug-likeness (QED) is 0.598. The number of aryl methyl sites for hydroxylation is 2. The van der Waals surface area contributed by atoms with Crippen LogP contribution in [0.3, 0.4) is 0 Å². The van der Waals surface area contributed by atoms with Crippen LogP contribution in [0.4, 0.5) is 5.69 Å². The van der Waals surface area contributed by atoms with Gasteiger partial charge in [-0.25, -0.2) is 4.98 Å². The number of aromatic nitrogens is 1. The molecule has 2 aromatic rings. The van der Waals surface area contributed by atoms with Gasteiger partial charge in [-0.1, -0.05) is 18.2 Å². The van der Waals surface area contributed by atoms with E-state index in [0.717, 1.165) is 37.7 Å². The van der Waals surface area contributed by atoms with E-state index in [1.807, 2.05) is 6.07 Å². The van der Waals surface area contributed by atoms with E-state index in [2.05, 4.69) is 70.7 Å². The minimum atomic E-state index is 0.834. The maximum absolute atomic E-state index is 4.56. The molecule has 0 aliphatic heterocycles. The molecule has 0 radical (unpaired) electrons. The Kier molecular flexibility index (Phi) is 7.06. The first-order valence-corrected chi connectivity index (χ1v) is 9.05.